The van der Waals surface area contributed by atoms with Gasteiger partial charge >= 0.3 is 0 Å². The van der Waals surface area contributed by atoms with Crippen LogP contribution in [0.15, 0.2) is 24.3 Å². The van der Waals surface area contributed by atoms with E-state index in [4.69, 9.17) is 0 Å². The van der Waals surface area contributed by atoms with Crippen LogP contribution < -0.4 is 0 Å². The summed E-state index contributed by atoms with van der Waals surface area (Å²) in [6, 6.07) is 8.54. The van der Waals surface area contributed by atoms with Gasteiger partial charge in [-0.15, -0.1) is 0 Å². The van der Waals surface area contributed by atoms with Crippen molar-refractivity contribution >= 4 is 5.91 Å². The van der Waals surface area contributed by atoms with E-state index in [0.717, 1.165) is 24.8 Å². The highest BCUT2D eigenvalue weighted by atomic mass is 16.2. The molecule has 0 aliphatic heterocycles. The first-order valence-electron chi connectivity index (χ1n) is 6.44. The molecule has 2 rings (SSSR count). The normalized spacial score (nSPS) is 15.1. The van der Waals surface area contributed by atoms with Crippen molar-refractivity contribution < 1.29 is 4.79 Å². The summed E-state index contributed by atoms with van der Waals surface area (Å²) in [5.41, 5.74) is 2.09. The number of benzene rings is 1. The number of rotatable bonds is 4. The van der Waals surface area contributed by atoms with Crippen LogP contribution >= 0.6 is 0 Å². The summed E-state index contributed by atoms with van der Waals surface area (Å²) in [4.78, 5) is 14.1. The lowest BCUT2D eigenvalue weighted by Gasteiger charge is -2.16. The predicted molar refractivity (Wildman–Crippen MR) is 70.1 cm³/mol. The first-order chi connectivity index (χ1) is 8.08. The molecule has 1 saturated carbocycles. The Kier molecular flexibility index (Phi) is 3.51. The lowest BCUT2D eigenvalue weighted by molar-refractivity contribution is 0.0785. The molecule has 2 nitrogen and oxygen atoms in total. The van der Waals surface area contributed by atoms with Crippen LogP contribution in [-0.4, -0.2) is 23.9 Å². The summed E-state index contributed by atoms with van der Waals surface area (Å²) in [6.45, 7) is 4.40. The first kappa shape index (κ1) is 12.2. The van der Waals surface area contributed by atoms with Crippen LogP contribution in [0.4, 0.5) is 0 Å². The monoisotopic (exact) mass is 231 g/mol. The van der Waals surface area contributed by atoms with Gasteiger partial charge in [-0.1, -0.05) is 26.0 Å². The summed E-state index contributed by atoms with van der Waals surface area (Å²) in [6.07, 6.45) is 3.36. The second-order valence-electron chi connectivity index (χ2n) is 5.45. The van der Waals surface area contributed by atoms with E-state index in [-0.39, 0.29) is 5.91 Å². The van der Waals surface area contributed by atoms with Gasteiger partial charge in [-0.3, -0.25) is 4.79 Å². The van der Waals surface area contributed by atoms with Crippen LogP contribution in [0.1, 0.15) is 42.6 Å². The highest BCUT2D eigenvalue weighted by Gasteiger charge is 2.29. The van der Waals surface area contributed by atoms with Crippen LogP contribution in [0, 0.1) is 5.92 Å². The molecular formula is C15H21NO. The molecule has 0 spiro atoms. The van der Waals surface area contributed by atoms with Gasteiger partial charge in [-0.25, -0.2) is 0 Å². The first-order valence-corrected chi connectivity index (χ1v) is 6.44. The van der Waals surface area contributed by atoms with Crippen molar-refractivity contribution in [1.82, 2.24) is 4.90 Å². The second kappa shape index (κ2) is 4.91. The quantitative estimate of drug-likeness (QED) is 0.779. The number of hydrogen-bond acceptors (Lipinski definition) is 1. The van der Waals surface area contributed by atoms with Gasteiger partial charge in [0, 0.05) is 18.7 Å². The third-order valence-electron chi connectivity index (χ3n) is 3.23. The van der Waals surface area contributed by atoms with Crippen molar-refractivity contribution in [3.63, 3.8) is 0 Å². The van der Waals surface area contributed by atoms with Crippen molar-refractivity contribution in [3.05, 3.63) is 35.4 Å². The van der Waals surface area contributed by atoms with Gasteiger partial charge in [0.25, 0.3) is 5.91 Å². The molecule has 1 amide bonds. The number of carbonyl (C=O) groups excluding carboxylic acids is 1. The van der Waals surface area contributed by atoms with Crippen molar-refractivity contribution in [2.75, 3.05) is 7.05 Å². The standard InChI is InChI=1S/C15H21NO/c1-11(2)9-12-5-4-6-13(10-12)15(17)16(3)14-7-8-14/h4-6,10-11,14H,7-9H2,1-3H3. The van der Waals surface area contributed by atoms with Gasteiger partial charge in [-0.2, -0.15) is 0 Å². The zero-order valence-electron chi connectivity index (χ0n) is 10.9. The smallest absolute Gasteiger partial charge is 0.253 e. The fourth-order valence-corrected chi connectivity index (χ4v) is 2.13. The average Bonchev–Trinajstić information content (AvgIpc) is 3.10. The van der Waals surface area contributed by atoms with Crippen molar-refractivity contribution in [3.8, 4) is 0 Å². The summed E-state index contributed by atoms with van der Waals surface area (Å²) in [5.74, 6) is 0.791. The Morgan fingerprint density at radius 3 is 2.71 bits per heavy atom. The number of carbonyl (C=O) groups is 1. The molecule has 1 aromatic rings. The summed E-state index contributed by atoms with van der Waals surface area (Å²) >= 11 is 0. The van der Waals surface area contributed by atoms with E-state index in [2.05, 4.69) is 19.9 Å². The van der Waals surface area contributed by atoms with E-state index in [1.807, 2.05) is 30.1 Å². The fraction of sp³-hybridized carbons (Fsp3) is 0.533. The number of hydrogen-bond donors (Lipinski definition) is 0. The minimum Gasteiger partial charge on any atom is -0.339 e. The highest BCUT2D eigenvalue weighted by molar-refractivity contribution is 5.94. The van der Waals surface area contributed by atoms with E-state index in [1.54, 1.807) is 0 Å². The largest absolute Gasteiger partial charge is 0.339 e. The van der Waals surface area contributed by atoms with E-state index in [1.165, 1.54) is 5.56 Å². The predicted octanol–water partition coefficient (Wildman–Crippen LogP) is 3.12. The molecule has 0 N–H and O–H groups in total. The molecule has 92 valence electrons. The maximum Gasteiger partial charge on any atom is 0.253 e. The van der Waals surface area contributed by atoms with Crippen molar-refractivity contribution in [1.29, 1.82) is 0 Å². The van der Waals surface area contributed by atoms with Gasteiger partial charge in [0.1, 0.15) is 0 Å². The van der Waals surface area contributed by atoms with Crippen LogP contribution in [0.5, 0.6) is 0 Å². The third-order valence-corrected chi connectivity index (χ3v) is 3.23. The molecule has 0 saturated heterocycles. The van der Waals surface area contributed by atoms with E-state index < -0.39 is 0 Å². The zero-order chi connectivity index (χ0) is 12.4. The van der Waals surface area contributed by atoms with Crippen LogP contribution in [0.2, 0.25) is 0 Å². The molecule has 0 unspecified atom stereocenters. The molecule has 2 heteroatoms. The molecular weight excluding hydrogens is 210 g/mol. The third kappa shape index (κ3) is 3.09. The average molecular weight is 231 g/mol. The van der Waals surface area contributed by atoms with Gasteiger partial charge < -0.3 is 4.90 Å². The molecule has 0 atom stereocenters. The topological polar surface area (TPSA) is 20.3 Å². The molecule has 1 aliphatic rings. The molecule has 1 aromatic carbocycles. The Bertz CT molecular complexity index is 407. The molecule has 1 fully saturated rings. The minimum absolute atomic E-state index is 0.165. The van der Waals surface area contributed by atoms with Crippen LogP contribution in [0.25, 0.3) is 0 Å². The lowest BCUT2D eigenvalue weighted by Crippen LogP contribution is -2.28. The number of amides is 1. The number of nitrogens with zero attached hydrogens (tertiary/aromatic N) is 1. The molecule has 1 aliphatic carbocycles. The Morgan fingerprint density at radius 1 is 1.41 bits per heavy atom. The molecule has 0 heterocycles. The van der Waals surface area contributed by atoms with E-state index in [9.17, 15) is 4.79 Å². The van der Waals surface area contributed by atoms with Crippen molar-refractivity contribution in [2.24, 2.45) is 5.92 Å². The summed E-state index contributed by atoms with van der Waals surface area (Å²) in [5, 5.41) is 0. The Hall–Kier alpha value is -1.31. The zero-order valence-corrected chi connectivity index (χ0v) is 10.9. The maximum absolute atomic E-state index is 12.2. The summed E-state index contributed by atoms with van der Waals surface area (Å²) < 4.78 is 0. The van der Waals surface area contributed by atoms with Gasteiger partial charge in [0.15, 0.2) is 0 Å². The molecule has 0 radical (unpaired) electrons. The van der Waals surface area contributed by atoms with Crippen LogP contribution in [-0.2, 0) is 6.42 Å². The van der Waals surface area contributed by atoms with Gasteiger partial charge in [0.2, 0.25) is 0 Å². The highest BCUT2D eigenvalue weighted by Crippen LogP contribution is 2.26. The molecule has 0 aromatic heterocycles. The fourth-order valence-electron chi connectivity index (χ4n) is 2.13. The maximum atomic E-state index is 12.2. The van der Waals surface area contributed by atoms with Crippen LogP contribution in [0.3, 0.4) is 0 Å². The van der Waals surface area contributed by atoms with Gasteiger partial charge in [0.05, 0.1) is 0 Å². The second-order valence-corrected chi connectivity index (χ2v) is 5.45. The Morgan fingerprint density at radius 2 is 2.12 bits per heavy atom. The lowest BCUT2D eigenvalue weighted by atomic mass is 10.0. The van der Waals surface area contributed by atoms with E-state index >= 15 is 0 Å². The van der Waals surface area contributed by atoms with Gasteiger partial charge in [-0.05, 0) is 42.9 Å². The minimum atomic E-state index is 0.165. The Balaban J connectivity index is 2.11. The summed E-state index contributed by atoms with van der Waals surface area (Å²) in [7, 11) is 1.91. The SMILES string of the molecule is CC(C)Cc1cccc(C(=O)N(C)C2CC2)c1. The molecule has 0 bridgehead atoms. The molecule has 17 heavy (non-hydrogen) atoms. The Labute approximate surface area is 104 Å². The van der Waals surface area contributed by atoms with E-state index in [0.29, 0.717) is 12.0 Å². The van der Waals surface area contributed by atoms with Crippen molar-refractivity contribution in [2.45, 2.75) is 39.2 Å².